The normalized spacial score (nSPS) is 11.8. The lowest BCUT2D eigenvalue weighted by Crippen LogP contribution is -2.41. The van der Waals surface area contributed by atoms with E-state index in [1.165, 1.54) is 218 Å². The number of rotatable bonds is 54. The first-order valence-corrected chi connectivity index (χ1v) is 29.7. The van der Waals surface area contributed by atoms with Crippen molar-refractivity contribution in [3.63, 3.8) is 0 Å². The minimum absolute atomic E-state index is 0.201. The predicted molar refractivity (Wildman–Crippen MR) is 290 cm³/mol. The molecule has 0 spiro atoms. The molecular weight excluding hydrogens is 863 g/mol. The van der Waals surface area contributed by atoms with Crippen molar-refractivity contribution in [2.24, 2.45) is 0 Å². The van der Waals surface area contributed by atoms with Gasteiger partial charge in [-0.15, -0.1) is 0 Å². The first kappa shape index (κ1) is 64.0. The summed E-state index contributed by atoms with van der Waals surface area (Å²) in [4.78, 5) is 37.0. The molecule has 1 amide bonds. The van der Waals surface area contributed by atoms with Crippen LogP contribution in [-0.2, 0) is 9.59 Å². The summed E-state index contributed by atoms with van der Waals surface area (Å²) in [5, 5.41) is 21.6. The summed E-state index contributed by atoms with van der Waals surface area (Å²) in [5.74, 6) is -1.66. The monoisotopic (exact) mass is 972 g/mol. The molecule has 1 aromatic rings. The Hall–Kier alpha value is -2.97. The fourth-order valence-electron chi connectivity index (χ4n) is 9.26. The summed E-state index contributed by atoms with van der Waals surface area (Å²) in [6, 6.07) is 1.93. The molecule has 0 aliphatic rings. The van der Waals surface area contributed by atoms with Crippen molar-refractivity contribution in [2.45, 2.75) is 309 Å². The second kappa shape index (κ2) is 48.6. The molecule has 0 fully saturated rings. The smallest absolute Gasteiger partial charge is 0.326 e. The molecule has 9 nitrogen and oxygen atoms in total. The molecule has 1 atom stereocenters. The van der Waals surface area contributed by atoms with Gasteiger partial charge in [0.25, 0.3) is 5.91 Å². The highest BCUT2D eigenvalue weighted by atomic mass is 16.5. The topological polar surface area (TPSA) is 131 Å². The lowest BCUT2D eigenvalue weighted by molar-refractivity contribution is -0.140. The second-order valence-electron chi connectivity index (χ2n) is 20.4. The van der Waals surface area contributed by atoms with Gasteiger partial charge in [0.05, 0.1) is 19.8 Å². The lowest BCUT2D eigenvalue weighted by atomic mass is 10.0. The Morgan fingerprint density at radius 3 is 0.928 bits per heavy atom. The third-order valence-corrected chi connectivity index (χ3v) is 13.8. The number of carbonyl (C=O) groups is 3. The van der Waals surface area contributed by atoms with Gasteiger partial charge in [-0.05, 0) is 37.8 Å². The molecule has 3 N–H and O–H groups in total. The van der Waals surface area contributed by atoms with Crippen LogP contribution in [0.25, 0.3) is 0 Å². The maximum Gasteiger partial charge on any atom is 0.326 e. The van der Waals surface area contributed by atoms with E-state index in [0.29, 0.717) is 37.1 Å². The number of nitrogens with one attached hydrogen (secondary N) is 1. The van der Waals surface area contributed by atoms with Crippen molar-refractivity contribution in [2.75, 3.05) is 19.8 Å². The molecule has 0 saturated carbocycles. The molecule has 0 aliphatic carbocycles. The minimum Gasteiger partial charge on any atom is -0.490 e. The van der Waals surface area contributed by atoms with Gasteiger partial charge in [-0.2, -0.15) is 0 Å². The SMILES string of the molecule is CCCCCCCCCCCCCCCCOc1cc(C(=O)N[C@H](CCC(=O)O)C(=O)O)cc(OCCCCCCCCCCCCCCCC)c1OCCCCCCCCCCCCCCCC. The van der Waals surface area contributed by atoms with Crippen LogP contribution in [0.3, 0.4) is 0 Å². The van der Waals surface area contributed by atoms with Crippen LogP contribution in [0.1, 0.15) is 314 Å². The van der Waals surface area contributed by atoms with Crippen molar-refractivity contribution < 1.29 is 38.8 Å². The number of unbranched alkanes of at least 4 members (excludes halogenated alkanes) is 39. The highest BCUT2D eigenvalue weighted by Gasteiger charge is 2.24. The van der Waals surface area contributed by atoms with Gasteiger partial charge < -0.3 is 29.7 Å². The zero-order valence-electron chi connectivity index (χ0n) is 45.3. The van der Waals surface area contributed by atoms with Crippen molar-refractivity contribution in [1.82, 2.24) is 5.32 Å². The Labute approximate surface area is 424 Å². The van der Waals surface area contributed by atoms with Gasteiger partial charge >= 0.3 is 11.9 Å². The second-order valence-corrected chi connectivity index (χ2v) is 20.4. The van der Waals surface area contributed by atoms with Crippen LogP contribution < -0.4 is 19.5 Å². The Bertz CT molecular complexity index is 1280. The summed E-state index contributed by atoms with van der Waals surface area (Å²) in [6.45, 7) is 8.25. The molecule has 0 bridgehead atoms. The van der Waals surface area contributed by atoms with Gasteiger partial charge in [0.1, 0.15) is 6.04 Å². The van der Waals surface area contributed by atoms with E-state index in [1.54, 1.807) is 12.1 Å². The number of ether oxygens (including phenoxy) is 3. The number of benzene rings is 1. The maximum absolute atomic E-state index is 13.7. The molecule has 69 heavy (non-hydrogen) atoms. The van der Waals surface area contributed by atoms with E-state index in [2.05, 4.69) is 26.1 Å². The van der Waals surface area contributed by atoms with Gasteiger partial charge in [-0.3, -0.25) is 9.59 Å². The number of hydrogen-bond acceptors (Lipinski definition) is 6. The lowest BCUT2D eigenvalue weighted by Gasteiger charge is -2.20. The van der Waals surface area contributed by atoms with Gasteiger partial charge in [0.15, 0.2) is 11.5 Å². The van der Waals surface area contributed by atoms with Crippen molar-refractivity contribution >= 4 is 17.8 Å². The summed E-state index contributed by atoms with van der Waals surface area (Å²) >= 11 is 0. The van der Waals surface area contributed by atoms with Crippen LogP contribution in [-0.4, -0.2) is 53.9 Å². The van der Waals surface area contributed by atoms with Crippen molar-refractivity contribution in [1.29, 1.82) is 0 Å². The van der Waals surface area contributed by atoms with Gasteiger partial charge in [-0.25, -0.2) is 4.79 Å². The summed E-state index contributed by atoms with van der Waals surface area (Å²) in [7, 11) is 0. The molecule has 402 valence electrons. The molecule has 0 heterocycles. The summed E-state index contributed by atoms with van der Waals surface area (Å²) < 4.78 is 19.4. The summed E-state index contributed by atoms with van der Waals surface area (Å²) in [6.07, 6.45) is 52.8. The molecule has 0 aliphatic heterocycles. The molecule has 0 saturated heterocycles. The van der Waals surface area contributed by atoms with Crippen LogP contribution in [0.5, 0.6) is 17.2 Å². The number of aliphatic carboxylic acids is 2. The number of hydrogen-bond donors (Lipinski definition) is 3. The van der Waals surface area contributed by atoms with E-state index in [0.717, 1.165) is 51.4 Å². The molecule has 0 aromatic heterocycles. The van der Waals surface area contributed by atoms with E-state index in [-0.39, 0.29) is 18.4 Å². The van der Waals surface area contributed by atoms with Crippen LogP contribution >= 0.6 is 0 Å². The fourth-order valence-corrected chi connectivity index (χ4v) is 9.26. The van der Waals surface area contributed by atoms with Crippen molar-refractivity contribution in [3.05, 3.63) is 17.7 Å². The molecule has 0 unspecified atom stereocenters. The first-order valence-electron chi connectivity index (χ1n) is 29.7. The molecule has 0 radical (unpaired) electrons. The van der Waals surface area contributed by atoms with Crippen LogP contribution in [0.2, 0.25) is 0 Å². The third kappa shape index (κ3) is 39.3. The zero-order chi connectivity index (χ0) is 50.1. The third-order valence-electron chi connectivity index (χ3n) is 13.8. The van der Waals surface area contributed by atoms with E-state index in [9.17, 15) is 24.6 Å². The van der Waals surface area contributed by atoms with Crippen molar-refractivity contribution in [3.8, 4) is 17.2 Å². The number of amides is 1. The van der Waals surface area contributed by atoms with E-state index in [1.807, 2.05) is 0 Å². The maximum atomic E-state index is 13.7. The Balaban J connectivity index is 2.89. The molecule has 1 rings (SSSR count). The highest BCUT2D eigenvalue weighted by Crippen LogP contribution is 2.40. The molecule has 1 aromatic carbocycles. The predicted octanol–water partition coefficient (Wildman–Crippen LogP) is 18.3. The average Bonchev–Trinajstić information content (AvgIpc) is 3.34. The minimum atomic E-state index is -1.34. The van der Waals surface area contributed by atoms with Crippen LogP contribution in [0, 0.1) is 0 Å². The standard InChI is InChI=1S/C60H109NO8/c1-4-7-10-13-16-19-22-25-28-31-34-37-40-43-48-67-55-51-53(59(64)61-54(60(65)66)46-47-57(62)63)52-56(68-49-44-41-38-35-32-29-26-23-20-17-14-11-8-5-2)58(55)69-50-45-42-39-36-33-30-27-24-21-18-15-12-9-6-3/h51-52,54H,4-50H2,1-3H3,(H,61,64)(H,62,63)(H,65,66)/t54-/m1/s1. The Morgan fingerprint density at radius 1 is 0.406 bits per heavy atom. The largest absolute Gasteiger partial charge is 0.490 e. The first-order chi connectivity index (χ1) is 33.8. The number of carboxylic acids is 2. The Kier molecular flexibility index (Phi) is 45.2. The van der Waals surface area contributed by atoms with E-state index >= 15 is 0 Å². The zero-order valence-corrected chi connectivity index (χ0v) is 45.3. The quantitative estimate of drug-likeness (QED) is 0.0550. The fraction of sp³-hybridized carbons (Fsp3) is 0.850. The van der Waals surface area contributed by atoms with E-state index in [4.69, 9.17) is 14.2 Å². The average molecular weight is 973 g/mol. The number of carboxylic acid groups (broad SMARTS) is 2. The van der Waals surface area contributed by atoms with Gasteiger partial charge in [-0.1, -0.05) is 271 Å². The Morgan fingerprint density at radius 2 is 0.667 bits per heavy atom. The molecule has 9 heteroatoms. The van der Waals surface area contributed by atoms with Gasteiger partial charge in [0.2, 0.25) is 5.75 Å². The van der Waals surface area contributed by atoms with E-state index < -0.39 is 23.9 Å². The van der Waals surface area contributed by atoms with Gasteiger partial charge in [0, 0.05) is 12.0 Å². The highest BCUT2D eigenvalue weighted by molar-refractivity contribution is 5.97. The van der Waals surface area contributed by atoms with Crippen LogP contribution in [0.4, 0.5) is 0 Å². The molecular formula is C60H109NO8. The van der Waals surface area contributed by atoms with Crippen LogP contribution in [0.15, 0.2) is 12.1 Å². The summed E-state index contributed by atoms with van der Waals surface area (Å²) in [5.41, 5.74) is 0.201. The number of carbonyl (C=O) groups excluding carboxylic acids is 1.